The molecule has 0 unspecified atom stereocenters. The quantitative estimate of drug-likeness (QED) is 0.772. The van der Waals surface area contributed by atoms with Crippen molar-refractivity contribution in [3.8, 4) is 0 Å². The third kappa shape index (κ3) is 3.89. The summed E-state index contributed by atoms with van der Waals surface area (Å²) in [5, 5.41) is 2.72. The molecule has 0 atom stereocenters. The number of amides is 1. The summed E-state index contributed by atoms with van der Waals surface area (Å²) in [4.78, 5) is 11.2. The molecular weight excluding hydrogens is 198 g/mol. The van der Waals surface area contributed by atoms with Gasteiger partial charge in [-0.25, -0.2) is 0 Å². The van der Waals surface area contributed by atoms with Crippen LogP contribution in [-0.4, -0.2) is 12.5 Å². The normalized spacial score (nSPS) is 11.0. The van der Waals surface area contributed by atoms with Crippen molar-refractivity contribution in [2.45, 2.75) is 26.7 Å². The van der Waals surface area contributed by atoms with Gasteiger partial charge in [-0.3, -0.25) is 4.79 Å². The molecule has 1 aromatic carbocycles. The van der Waals surface area contributed by atoms with Crippen LogP contribution in [0.2, 0.25) is 0 Å². The van der Waals surface area contributed by atoms with E-state index in [0.717, 1.165) is 5.56 Å². The molecule has 0 saturated carbocycles. The summed E-state index contributed by atoms with van der Waals surface area (Å²) in [6.07, 6.45) is 3.39. The zero-order chi connectivity index (χ0) is 12.0. The minimum atomic E-state index is -0.0459. The Kier molecular flexibility index (Phi) is 4.77. The fourth-order valence-electron chi connectivity index (χ4n) is 1.40. The summed E-state index contributed by atoms with van der Waals surface area (Å²) in [5.74, 6) is 0.497. The average molecular weight is 217 g/mol. The third-order valence-electron chi connectivity index (χ3n) is 2.38. The maximum atomic E-state index is 11.2. The van der Waals surface area contributed by atoms with Gasteiger partial charge in [0.1, 0.15) is 0 Å². The summed E-state index contributed by atoms with van der Waals surface area (Å²) in [5.41, 5.74) is 2.37. The number of likely N-dealkylation sites (N-methyl/N-ethyl adjacent to an activating group) is 1. The Bertz CT molecular complexity index is 363. The first-order valence-electron chi connectivity index (χ1n) is 5.69. The molecule has 0 fully saturated rings. The van der Waals surface area contributed by atoms with E-state index < -0.39 is 0 Å². The van der Waals surface area contributed by atoms with Crippen molar-refractivity contribution in [3.63, 3.8) is 0 Å². The Hall–Kier alpha value is -1.57. The molecule has 1 N–H and O–H groups in total. The lowest BCUT2D eigenvalue weighted by Gasteiger charge is -2.04. The van der Waals surface area contributed by atoms with E-state index in [1.54, 1.807) is 6.08 Å². The minimum Gasteiger partial charge on any atom is -0.353 e. The molecule has 16 heavy (non-hydrogen) atoms. The maximum absolute atomic E-state index is 11.2. The van der Waals surface area contributed by atoms with Gasteiger partial charge in [-0.2, -0.15) is 0 Å². The van der Waals surface area contributed by atoms with Crippen LogP contribution in [0.5, 0.6) is 0 Å². The van der Waals surface area contributed by atoms with E-state index in [9.17, 15) is 4.79 Å². The van der Waals surface area contributed by atoms with Crippen LogP contribution in [0.4, 0.5) is 0 Å². The summed E-state index contributed by atoms with van der Waals surface area (Å²) in [7, 11) is 0. The first kappa shape index (κ1) is 12.5. The van der Waals surface area contributed by atoms with Crippen molar-refractivity contribution >= 4 is 12.0 Å². The van der Waals surface area contributed by atoms with Gasteiger partial charge in [0, 0.05) is 12.6 Å². The number of nitrogens with one attached hydrogen (secondary N) is 1. The molecule has 86 valence electrons. The molecule has 0 aliphatic rings. The first-order chi connectivity index (χ1) is 7.63. The second-order valence-electron chi connectivity index (χ2n) is 4.05. The Morgan fingerprint density at radius 3 is 2.44 bits per heavy atom. The largest absolute Gasteiger partial charge is 0.353 e. The predicted molar refractivity (Wildman–Crippen MR) is 68.2 cm³/mol. The third-order valence-corrected chi connectivity index (χ3v) is 2.38. The van der Waals surface area contributed by atoms with Gasteiger partial charge < -0.3 is 5.32 Å². The van der Waals surface area contributed by atoms with E-state index in [1.165, 1.54) is 5.56 Å². The lowest BCUT2D eigenvalue weighted by molar-refractivity contribution is -0.116. The Morgan fingerprint density at radius 1 is 1.31 bits per heavy atom. The van der Waals surface area contributed by atoms with Crippen molar-refractivity contribution in [1.29, 1.82) is 0 Å². The molecule has 0 aliphatic carbocycles. The van der Waals surface area contributed by atoms with E-state index in [2.05, 4.69) is 31.3 Å². The number of benzene rings is 1. The summed E-state index contributed by atoms with van der Waals surface area (Å²) >= 11 is 0. The number of hydrogen-bond donors (Lipinski definition) is 1. The van der Waals surface area contributed by atoms with Crippen molar-refractivity contribution in [1.82, 2.24) is 5.32 Å². The monoisotopic (exact) mass is 217 g/mol. The molecule has 0 bridgehead atoms. The Morgan fingerprint density at radius 2 is 1.94 bits per heavy atom. The predicted octanol–water partition coefficient (Wildman–Crippen LogP) is 2.96. The van der Waals surface area contributed by atoms with E-state index in [4.69, 9.17) is 0 Å². The van der Waals surface area contributed by atoms with Crippen LogP contribution in [-0.2, 0) is 4.79 Å². The highest BCUT2D eigenvalue weighted by Gasteiger charge is 1.97. The Balaban J connectivity index is 2.65. The number of carbonyl (C=O) groups is 1. The van der Waals surface area contributed by atoms with Gasteiger partial charge in [-0.15, -0.1) is 0 Å². The van der Waals surface area contributed by atoms with Crippen LogP contribution in [0.15, 0.2) is 30.3 Å². The lowest BCUT2D eigenvalue weighted by Crippen LogP contribution is -2.19. The molecule has 0 radical (unpaired) electrons. The van der Waals surface area contributed by atoms with Crippen LogP contribution in [0.25, 0.3) is 6.08 Å². The summed E-state index contributed by atoms with van der Waals surface area (Å²) < 4.78 is 0. The fraction of sp³-hybridized carbons (Fsp3) is 0.357. The van der Waals surface area contributed by atoms with Gasteiger partial charge in [-0.05, 0) is 30.0 Å². The molecule has 1 aromatic rings. The molecule has 0 spiro atoms. The van der Waals surface area contributed by atoms with Crippen LogP contribution >= 0.6 is 0 Å². The topological polar surface area (TPSA) is 29.1 Å². The van der Waals surface area contributed by atoms with Crippen LogP contribution in [0.1, 0.15) is 37.8 Å². The highest BCUT2D eigenvalue weighted by Crippen LogP contribution is 2.15. The van der Waals surface area contributed by atoms with Gasteiger partial charge >= 0.3 is 0 Å². The smallest absolute Gasteiger partial charge is 0.243 e. The molecule has 0 saturated heterocycles. The SMILES string of the molecule is CCNC(=O)/C=C/c1ccc(C(C)C)cc1. The molecule has 0 heterocycles. The highest BCUT2D eigenvalue weighted by molar-refractivity contribution is 5.91. The van der Waals surface area contributed by atoms with E-state index in [-0.39, 0.29) is 5.91 Å². The zero-order valence-corrected chi connectivity index (χ0v) is 10.2. The first-order valence-corrected chi connectivity index (χ1v) is 5.69. The van der Waals surface area contributed by atoms with Gasteiger partial charge in [0.05, 0.1) is 0 Å². The molecular formula is C14H19NO. The summed E-state index contributed by atoms with van der Waals surface area (Å²) in [6, 6.07) is 8.26. The molecule has 2 nitrogen and oxygen atoms in total. The van der Waals surface area contributed by atoms with Crippen LogP contribution in [0, 0.1) is 0 Å². The molecule has 0 aliphatic heterocycles. The van der Waals surface area contributed by atoms with Gasteiger partial charge in [0.25, 0.3) is 0 Å². The van der Waals surface area contributed by atoms with E-state index >= 15 is 0 Å². The second kappa shape index (κ2) is 6.11. The standard InChI is InChI=1S/C14H19NO/c1-4-15-14(16)10-7-12-5-8-13(9-6-12)11(2)3/h5-11H,4H2,1-3H3,(H,15,16)/b10-7+. The van der Waals surface area contributed by atoms with Gasteiger partial charge in [0.15, 0.2) is 0 Å². The zero-order valence-electron chi connectivity index (χ0n) is 10.2. The summed E-state index contributed by atoms with van der Waals surface area (Å²) in [6.45, 7) is 6.90. The van der Waals surface area contributed by atoms with Crippen molar-refractivity contribution in [2.24, 2.45) is 0 Å². The fourth-order valence-corrected chi connectivity index (χ4v) is 1.40. The number of carbonyl (C=O) groups excluding carboxylic acids is 1. The molecule has 1 amide bonds. The van der Waals surface area contributed by atoms with Gasteiger partial charge in [-0.1, -0.05) is 38.1 Å². The molecule has 1 rings (SSSR count). The van der Waals surface area contributed by atoms with E-state index in [1.807, 2.05) is 25.1 Å². The molecule has 2 heteroatoms. The minimum absolute atomic E-state index is 0.0459. The van der Waals surface area contributed by atoms with Crippen molar-refractivity contribution in [3.05, 3.63) is 41.5 Å². The Labute approximate surface area is 97.4 Å². The average Bonchev–Trinajstić information content (AvgIpc) is 2.27. The van der Waals surface area contributed by atoms with Crippen LogP contribution in [0.3, 0.4) is 0 Å². The van der Waals surface area contributed by atoms with Crippen molar-refractivity contribution in [2.75, 3.05) is 6.54 Å². The second-order valence-corrected chi connectivity index (χ2v) is 4.05. The number of rotatable bonds is 4. The van der Waals surface area contributed by atoms with Gasteiger partial charge in [0.2, 0.25) is 5.91 Å². The van der Waals surface area contributed by atoms with E-state index in [0.29, 0.717) is 12.5 Å². The van der Waals surface area contributed by atoms with Crippen LogP contribution < -0.4 is 5.32 Å². The van der Waals surface area contributed by atoms with Crippen molar-refractivity contribution < 1.29 is 4.79 Å². The highest BCUT2D eigenvalue weighted by atomic mass is 16.1. The maximum Gasteiger partial charge on any atom is 0.243 e. The number of hydrogen-bond acceptors (Lipinski definition) is 1. The lowest BCUT2D eigenvalue weighted by atomic mass is 10.0. The molecule has 0 aromatic heterocycles.